The van der Waals surface area contributed by atoms with E-state index in [9.17, 15) is 4.79 Å². The summed E-state index contributed by atoms with van der Waals surface area (Å²) >= 11 is 0. The first kappa shape index (κ1) is 23.7. The lowest BCUT2D eigenvalue weighted by molar-refractivity contribution is -0.125. The van der Waals surface area contributed by atoms with Crippen LogP contribution in [0.15, 0.2) is 60.9 Å². The average Bonchev–Trinajstić information content (AvgIpc) is 2.89. The van der Waals surface area contributed by atoms with Gasteiger partial charge in [-0.1, -0.05) is 42.0 Å². The molecule has 6 heteroatoms. The highest BCUT2D eigenvalue weighted by molar-refractivity contribution is 5.79. The number of benzene rings is 2. The van der Waals surface area contributed by atoms with Gasteiger partial charge in [0, 0.05) is 56.4 Å². The molecule has 0 saturated carbocycles. The third-order valence-electron chi connectivity index (χ3n) is 6.63. The summed E-state index contributed by atoms with van der Waals surface area (Å²) < 4.78 is 0. The van der Waals surface area contributed by atoms with Gasteiger partial charge in [0.25, 0.3) is 0 Å². The van der Waals surface area contributed by atoms with E-state index in [0.717, 1.165) is 49.2 Å². The van der Waals surface area contributed by atoms with Gasteiger partial charge in [-0.25, -0.2) is 9.97 Å². The number of nitrogens with zero attached hydrogens (tertiary/aromatic N) is 4. The van der Waals surface area contributed by atoms with Crippen LogP contribution < -0.4 is 15.1 Å². The fourth-order valence-electron chi connectivity index (χ4n) is 4.50. The van der Waals surface area contributed by atoms with Crippen LogP contribution in [0.3, 0.4) is 0 Å². The van der Waals surface area contributed by atoms with E-state index in [1.165, 1.54) is 11.3 Å². The van der Waals surface area contributed by atoms with Crippen LogP contribution in [0.25, 0.3) is 11.1 Å². The molecular formula is C28H35N5O. The van der Waals surface area contributed by atoms with Crippen molar-refractivity contribution >= 4 is 17.5 Å². The van der Waals surface area contributed by atoms with Gasteiger partial charge in [0.05, 0.1) is 5.92 Å². The number of hydrogen-bond donors (Lipinski definition) is 1. The summed E-state index contributed by atoms with van der Waals surface area (Å²) in [5.74, 6) is 0.748. The van der Waals surface area contributed by atoms with E-state index in [-0.39, 0.29) is 11.8 Å². The van der Waals surface area contributed by atoms with E-state index < -0.39 is 0 Å². The Hall–Kier alpha value is -3.41. The number of nitrogens with one attached hydrogen (secondary N) is 1. The summed E-state index contributed by atoms with van der Waals surface area (Å²) in [5, 5.41) is 3.13. The molecule has 0 spiro atoms. The Bertz CT molecular complexity index is 1060. The van der Waals surface area contributed by atoms with E-state index in [1.807, 2.05) is 12.4 Å². The van der Waals surface area contributed by atoms with Crippen molar-refractivity contribution in [1.29, 1.82) is 0 Å². The topological polar surface area (TPSA) is 61.4 Å². The third-order valence-corrected chi connectivity index (χ3v) is 6.63. The maximum atomic E-state index is 12.9. The molecule has 2 aromatic carbocycles. The SMILES string of the molecule is CCN(CC)c1ccc(CNC(=O)[C@@H]2CCCN(c3ncc(-c4ccc(C)cc4)cn3)C2)cc1. The lowest BCUT2D eigenvalue weighted by Crippen LogP contribution is -2.43. The molecule has 1 aliphatic rings. The molecule has 3 aromatic rings. The molecule has 0 bridgehead atoms. The number of aryl methyl sites for hydroxylation is 1. The van der Waals surface area contributed by atoms with E-state index in [1.54, 1.807) is 0 Å². The zero-order chi connectivity index (χ0) is 23.9. The van der Waals surface area contributed by atoms with Crippen LogP contribution in [0.5, 0.6) is 0 Å². The van der Waals surface area contributed by atoms with Crippen molar-refractivity contribution < 1.29 is 4.79 Å². The highest BCUT2D eigenvalue weighted by Crippen LogP contribution is 2.23. The van der Waals surface area contributed by atoms with Gasteiger partial charge in [-0.15, -0.1) is 0 Å². The minimum Gasteiger partial charge on any atom is -0.372 e. The monoisotopic (exact) mass is 457 g/mol. The molecular weight excluding hydrogens is 422 g/mol. The first-order chi connectivity index (χ1) is 16.6. The van der Waals surface area contributed by atoms with Crippen molar-refractivity contribution in [3.63, 3.8) is 0 Å². The molecule has 1 aromatic heterocycles. The van der Waals surface area contributed by atoms with Gasteiger partial charge >= 0.3 is 0 Å². The first-order valence-electron chi connectivity index (χ1n) is 12.3. The Labute approximate surface area is 203 Å². The first-order valence-corrected chi connectivity index (χ1v) is 12.3. The number of carbonyl (C=O) groups is 1. The molecule has 1 amide bonds. The Balaban J connectivity index is 1.32. The molecule has 1 atom stereocenters. The minimum atomic E-state index is -0.0518. The second-order valence-corrected chi connectivity index (χ2v) is 8.98. The van der Waals surface area contributed by atoms with Gasteiger partial charge in [-0.05, 0) is 56.9 Å². The normalized spacial score (nSPS) is 15.7. The summed E-state index contributed by atoms with van der Waals surface area (Å²) in [4.78, 5) is 26.5. The van der Waals surface area contributed by atoms with Crippen molar-refractivity contribution in [2.75, 3.05) is 36.0 Å². The fraction of sp³-hybridized carbons (Fsp3) is 0.393. The van der Waals surface area contributed by atoms with E-state index in [0.29, 0.717) is 19.0 Å². The van der Waals surface area contributed by atoms with Crippen molar-refractivity contribution in [3.05, 3.63) is 72.1 Å². The van der Waals surface area contributed by atoms with Crippen LogP contribution in [0.1, 0.15) is 37.8 Å². The van der Waals surface area contributed by atoms with Crippen LogP contribution in [-0.2, 0) is 11.3 Å². The van der Waals surface area contributed by atoms with Gasteiger partial charge in [0.2, 0.25) is 11.9 Å². The zero-order valence-electron chi connectivity index (χ0n) is 20.5. The molecule has 0 radical (unpaired) electrons. The molecule has 0 aliphatic carbocycles. The number of carbonyl (C=O) groups excluding carboxylic acids is 1. The summed E-state index contributed by atoms with van der Waals surface area (Å²) in [6.45, 7) is 10.5. The Kier molecular flexibility index (Phi) is 7.78. The molecule has 6 nitrogen and oxygen atoms in total. The Morgan fingerprint density at radius 1 is 1.00 bits per heavy atom. The number of rotatable bonds is 8. The molecule has 2 heterocycles. The molecule has 4 rings (SSSR count). The Morgan fingerprint density at radius 2 is 1.68 bits per heavy atom. The number of anilines is 2. The molecule has 1 aliphatic heterocycles. The Morgan fingerprint density at radius 3 is 2.32 bits per heavy atom. The van der Waals surface area contributed by atoms with Crippen LogP contribution in [0.4, 0.5) is 11.6 Å². The van der Waals surface area contributed by atoms with Gasteiger partial charge in [-0.2, -0.15) is 0 Å². The fourth-order valence-corrected chi connectivity index (χ4v) is 4.50. The molecule has 34 heavy (non-hydrogen) atoms. The number of hydrogen-bond acceptors (Lipinski definition) is 5. The quantitative estimate of drug-likeness (QED) is 0.525. The number of aromatic nitrogens is 2. The molecule has 178 valence electrons. The smallest absolute Gasteiger partial charge is 0.225 e. The zero-order valence-corrected chi connectivity index (χ0v) is 20.5. The maximum Gasteiger partial charge on any atom is 0.225 e. The van der Waals surface area contributed by atoms with Crippen LogP contribution in [-0.4, -0.2) is 42.1 Å². The van der Waals surface area contributed by atoms with E-state index in [4.69, 9.17) is 0 Å². The van der Waals surface area contributed by atoms with Gasteiger partial charge in [-0.3, -0.25) is 4.79 Å². The summed E-state index contributed by atoms with van der Waals surface area (Å²) in [6.07, 6.45) is 5.60. The summed E-state index contributed by atoms with van der Waals surface area (Å²) in [6, 6.07) is 16.8. The number of amides is 1. The van der Waals surface area contributed by atoms with Crippen LogP contribution in [0.2, 0.25) is 0 Å². The second-order valence-electron chi connectivity index (χ2n) is 8.98. The number of piperidine rings is 1. The standard InChI is InChI=1S/C28H35N5O/c1-4-32(5-2)26-14-10-22(11-15-26)17-29-27(34)24-7-6-16-33(20-24)28-30-18-25(19-31-28)23-12-8-21(3)9-13-23/h8-15,18-19,24H,4-7,16-17,20H2,1-3H3,(H,29,34)/t24-/m1/s1. The highest BCUT2D eigenvalue weighted by atomic mass is 16.1. The van der Waals surface area contributed by atoms with Crippen molar-refractivity contribution in [1.82, 2.24) is 15.3 Å². The maximum absolute atomic E-state index is 12.9. The minimum absolute atomic E-state index is 0.0518. The molecule has 1 fully saturated rings. The van der Waals surface area contributed by atoms with Crippen LogP contribution >= 0.6 is 0 Å². The van der Waals surface area contributed by atoms with E-state index >= 15 is 0 Å². The predicted molar refractivity (Wildman–Crippen MR) is 139 cm³/mol. The van der Waals surface area contributed by atoms with Gasteiger partial charge in [0.1, 0.15) is 0 Å². The van der Waals surface area contributed by atoms with Gasteiger partial charge < -0.3 is 15.1 Å². The molecule has 1 saturated heterocycles. The third kappa shape index (κ3) is 5.74. The largest absolute Gasteiger partial charge is 0.372 e. The molecule has 1 N–H and O–H groups in total. The predicted octanol–water partition coefficient (Wildman–Crippen LogP) is 4.83. The summed E-state index contributed by atoms with van der Waals surface area (Å²) in [5.41, 5.74) is 5.68. The van der Waals surface area contributed by atoms with Crippen molar-refractivity contribution in [2.45, 2.75) is 40.2 Å². The second kappa shape index (κ2) is 11.1. The van der Waals surface area contributed by atoms with Gasteiger partial charge in [0.15, 0.2) is 0 Å². The lowest BCUT2D eigenvalue weighted by atomic mass is 9.97. The molecule has 0 unspecified atom stereocenters. The van der Waals surface area contributed by atoms with Crippen LogP contribution in [0, 0.1) is 12.8 Å². The van der Waals surface area contributed by atoms with Crippen molar-refractivity contribution in [3.8, 4) is 11.1 Å². The summed E-state index contributed by atoms with van der Waals surface area (Å²) in [7, 11) is 0. The highest BCUT2D eigenvalue weighted by Gasteiger charge is 2.27. The average molecular weight is 458 g/mol. The van der Waals surface area contributed by atoms with E-state index in [2.05, 4.69) is 94.4 Å². The van der Waals surface area contributed by atoms with Crippen molar-refractivity contribution in [2.24, 2.45) is 5.92 Å². The lowest BCUT2D eigenvalue weighted by Gasteiger charge is -2.32.